The predicted octanol–water partition coefficient (Wildman–Crippen LogP) is 2.41. The number of ketones is 1. The maximum absolute atomic E-state index is 11.6. The maximum atomic E-state index is 11.6. The average Bonchev–Trinajstić information content (AvgIpc) is 2.21. The Kier molecular flexibility index (Phi) is 4.56. The van der Waals surface area contributed by atoms with Crippen molar-refractivity contribution < 1.29 is 19.8 Å². The Morgan fingerprint density at radius 1 is 1.53 bits per heavy atom. The lowest BCUT2D eigenvalue weighted by Crippen LogP contribution is -2.53. The van der Waals surface area contributed by atoms with Gasteiger partial charge in [-0.1, -0.05) is 39.8 Å². The van der Waals surface area contributed by atoms with E-state index in [4.69, 9.17) is 5.11 Å². The molecule has 2 N–H and O–H groups in total. The molecule has 0 aliphatic heterocycles. The molecule has 0 saturated heterocycles. The topological polar surface area (TPSA) is 74.6 Å². The number of Topliss-reactive ketones (excluding diaryl/α,β-unsaturated/α-hetero) is 1. The second kappa shape index (κ2) is 5.45. The van der Waals surface area contributed by atoms with Gasteiger partial charge in [0.1, 0.15) is 5.78 Å². The largest absolute Gasteiger partial charge is 0.481 e. The summed E-state index contributed by atoms with van der Waals surface area (Å²) in [5.74, 6) is -0.969. The zero-order valence-electron chi connectivity index (χ0n) is 12.1. The van der Waals surface area contributed by atoms with Crippen LogP contribution in [0.5, 0.6) is 0 Å². The molecule has 1 aliphatic carbocycles. The fraction of sp³-hybridized carbons (Fsp3) is 0.733. The highest BCUT2D eigenvalue weighted by Gasteiger charge is 2.50. The van der Waals surface area contributed by atoms with Gasteiger partial charge in [0.2, 0.25) is 0 Å². The van der Waals surface area contributed by atoms with E-state index in [-0.39, 0.29) is 24.0 Å². The Morgan fingerprint density at radius 2 is 2.11 bits per heavy atom. The molecule has 0 bridgehead atoms. The molecule has 3 atom stereocenters. The number of carboxylic acid groups (broad SMARTS) is 1. The minimum atomic E-state index is -1.06. The Morgan fingerprint density at radius 3 is 2.58 bits per heavy atom. The zero-order chi connectivity index (χ0) is 14.8. The van der Waals surface area contributed by atoms with Crippen LogP contribution in [0.1, 0.15) is 47.0 Å². The molecule has 2 unspecified atom stereocenters. The van der Waals surface area contributed by atoms with E-state index in [1.165, 1.54) is 0 Å². The molecule has 0 amide bonds. The molecule has 19 heavy (non-hydrogen) atoms. The fourth-order valence-electron chi connectivity index (χ4n) is 2.92. The number of carbonyl (C=O) groups is 2. The van der Waals surface area contributed by atoms with Gasteiger partial charge in [-0.05, 0) is 11.8 Å². The Balaban J connectivity index is 2.91. The quantitative estimate of drug-likeness (QED) is 0.768. The smallest absolute Gasteiger partial charge is 0.303 e. The standard InChI is InChI=1S/C15H24O4/c1-10(7-13(17)18)5-6-15(19)11(2)8-12(16)9-14(15,3)4/h5-6,10-11,19H,7-9H2,1-4H3,(H,17,18)/b6-5+/t10?,11?,15-/m1/s1. The Labute approximate surface area is 114 Å². The van der Waals surface area contributed by atoms with Crippen LogP contribution in [0, 0.1) is 17.3 Å². The van der Waals surface area contributed by atoms with Crippen molar-refractivity contribution in [2.45, 2.75) is 52.6 Å². The minimum absolute atomic E-state index is 0.0420. The van der Waals surface area contributed by atoms with E-state index in [2.05, 4.69) is 0 Å². The Hall–Kier alpha value is -1.16. The van der Waals surface area contributed by atoms with Gasteiger partial charge in [-0.2, -0.15) is 0 Å². The average molecular weight is 268 g/mol. The first-order chi connectivity index (χ1) is 8.58. The predicted molar refractivity (Wildman–Crippen MR) is 72.7 cm³/mol. The van der Waals surface area contributed by atoms with Gasteiger partial charge in [-0.25, -0.2) is 0 Å². The van der Waals surface area contributed by atoms with Gasteiger partial charge >= 0.3 is 5.97 Å². The van der Waals surface area contributed by atoms with Crippen LogP contribution in [-0.2, 0) is 9.59 Å². The molecule has 4 nitrogen and oxygen atoms in total. The summed E-state index contributed by atoms with van der Waals surface area (Å²) < 4.78 is 0. The SMILES string of the molecule is CC(/C=C/[C@@]1(O)C(C)CC(=O)CC1(C)C)CC(=O)O. The zero-order valence-corrected chi connectivity index (χ0v) is 12.1. The normalized spacial score (nSPS) is 32.5. The van der Waals surface area contributed by atoms with Gasteiger partial charge in [0.25, 0.3) is 0 Å². The number of rotatable bonds is 4. The molecule has 0 heterocycles. The monoisotopic (exact) mass is 268 g/mol. The lowest BCUT2D eigenvalue weighted by atomic mass is 9.60. The number of aliphatic carboxylic acids is 1. The summed E-state index contributed by atoms with van der Waals surface area (Å²) in [6.07, 6.45) is 4.23. The second-order valence-electron chi connectivity index (χ2n) is 6.46. The van der Waals surface area contributed by atoms with Gasteiger partial charge in [-0.15, -0.1) is 0 Å². The van der Waals surface area contributed by atoms with Gasteiger partial charge < -0.3 is 10.2 Å². The highest BCUT2D eigenvalue weighted by Crippen LogP contribution is 2.46. The summed E-state index contributed by atoms with van der Waals surface area (Å²) in [5, 5.41) is 19.6. The van der Waals surface area contributed by atoms with Crippen molar-refractivity contribution in [2.75, 3.05) is 0 Å². The molecule has 0 spiro atoms. The second-order valence-corrected chi connectivity index (χ2v) is 6.46. The summed E-state index contributed by atoms with van der Waals surface area (Å²) in [6.45, 7) is 7.43. The number of aliphatic hydroxyl groups is 1. The summed E-state index contributed by atoms with van der Waals surface area (Å²) in [7, 11) is 0. The molecule has 1 saturated carbocycles. The summed E-state index contributed by atoms with van der Waals surface area (Å²) in [5.41, 5.74) is -1.59. The van der Waals surface area contributed by atoms with Gasteiger partial charge in [0.15, 0.2) is 0 Å². The van der Waals surface area contributed by atoms with Crippen LogP contribution in [0.25, 0.3) is 0 Å². The van der Waals surface area contributed by atoms with E-state index >= 15 is 0 Å². The van der Waals surface area contributed by atoms with Crippen LogP contribution in [-0.4, -0.2) is 27.6 Å². The minimum Gasteiger partial charge on any atom is -0.481 e. The van der Waals surface area contributed by atoms with Crippen LogP contribution >= 0.6 is 0 Å². The molecule has 108 valence electrons. The number of carboxylic acids is 1. The van der Waals surface area contributed by atoms with Crippen molar-refractivity contribution in [2.24, 2.45) is 17.3 Å². The van der Waals surface area contributed by atoms with Crippen molar-refractivity contribution in [3.8, 4) is 0 Å². The molecule has 0 radical (unpaired) electrons. The fourth-order valence-corrected chi connectivity index (χ4v) is 2.92. The van der Waals surface area contributed by atoms with Crippen molar-refractivity contribution in [3.05, 3.63) is 12.2 Å². The van der Waals surface area contributed by atoms with Gasteiger partial charge in [0.05, 0.1) is 12.0 Å². The molecule has 0 aromatic heterocycles. The van der Waals surface area contributed by atoms with E-state index in [1.807, 2.05) is 20.8 Å². The van der Waals surface area contributed by atoms with E-state index in [1.54, 1.807) is 19.1 Å². The van der Waals surface area contributed by atoms with Gasteiger partial charge in [-0.3, -0.25) is 9.59 Å². The number of hydrogen-bond acceptors (Lipinski definition) is 3. The third-order valence-corrected chi connectivity index (χ3v) is 4.18. The first kappa shape index (κ1) is 15.9. The Bertz CT molecular complexity index is 397. The molecule has 4 heteroatoms. The summed E-state index contributed by atoms with van der Waals surface area (Å²) in [6, 6.07) is 0. The number of carbonyl (C=O) groups excluding carboxylic acids is 1. The van der Waals surface area contributed by atoms with E-state index < -0.39 is 17.0 Å². The molecular formula is C15H24O4. The lowest BCUT2D eigenvalue weighted by Gasteiger charge is -2.48. The lowest BCUT2D eigenvalue weighted by molar-refractivity contribution is -0.142. The summed E-state index contributed by atoms with van der Waals surface area (Å²) in [4.78, 5) is 22.3. The van der Waals surface area contributed by atoms with Crippen molar-refractivity contribution in [1.29, 1.82) is 0 Å². The first-order valence-corrected chi connectivity index (χ1v) is 6.73. The maximum Gasteiger partial charge on any atom is 0.303 e. The van der Waals surface area contributed by atoms with E-state index in [0.29, 0.717) is 12.8 Å². The molecular weight excluding hydrogens is 244 g/mol. The third kappa shape index (κ3) is 3.44. The van der Waals surface area contributed by atoms with Crippen LogP contribution in [0.15, 0.2) is 12.2 Å². The first-order valence-electron chi connectivity index (χ1n) is 6.73. The number of hydrogen-bond donors (Lipinski definition) is 2. The highest BCUT2D eigenvalue weighted by molar-refractivity contribution is 5.81. The van der Waals surface area contributed by atoms with Crippen molar-refractivity contribution in [3.63, 3.8) is 0 Å². The van der Waals surface area contributed by atoms with Gasteiger partial charge in [0, 0.05) is 18.3 Å². The number of allylic oxidation sites excluding steroid dienone is 1. The molecule has 0 aromatic carbocycles. The molecule has 1 aliphatic rings. The van der Waals surface area contributed by atoms with E-state index in [9.17, 15) is 14.7 Å². The summed E-state index contributed by atoms with van der Waals surface area (Å²) >= 11 is 0. The van der Waals surface area contributed by atoms with Crippen LogP contribution in [0.2, 0.25) is 0 Å². The molecule has 1 fully saturated rings. The third-order valence-electron chi connectivity index (χ3n) is 4.18. The van der Waals surface area contributed by atoms with Crippen molar-refractivity contribution >= 4 is 11.8 Å². The van der Waals surface area contributed by atoms with Crippen LogP contribution in [0.3, 0.4) is 0 Å². The van der Waals surface area contributed by atoms with Crippen molar-refractivity contribution in [1.82, 2.24) is 0 Å². The van der Waals surface area contributed by atoms with E-state index in [0.717, 1.165) is 0 Å². The molecule has 0 aromatic rings. The van der Waals surface area contributed by atoms with Crippen LogP contribution < -0.4 is 0 Å². The highest BCUT2D eigenvalue weighted by atomic mass is 16.4. The molecule has 1 rings (SSSR count). The van der Waals surface area contributed by atoms with Crippen LogP contribution in [0.4, 0.5) is 0 Å².